The average Bonchev–Trinajstić information content (AvgIpc) is 3.43. The number of amides is 2. The molecule has 4 atom stereocenters. The summed E-state index contributed by atoms with van der Waals surface area (Å²) in [5.41, 5.74) is -0.171. The van der Waals surface area contributed by atoms with Crippen molar-refractivity contribution in [1.29, 1.82) is 0 Å². The summed E-state index contributed by atoms with van der Waals surface area (Å²) in [4.78, 5) is 69.9. The zero-order valence-electron chi connectivity index (χ0n) is 27.6. The summed E-state index contributed by atoms with van der Waals surface area (Å²) in [6, 6.07) is 6.91. The van der Waals surface area contributed by atoms with E-state index in [9.17, 15) is 29.1 Å². The summed E-state index contributed by atoms with van der Waals surface area (Å²) in [6.07, 6.45) is 1.29. The lowest BCUT2D eigenvalue weighted by Crippen LogP contribution is -2.59. The molecule has 2 fully saturated rings. The van der Waals surface area contributed by atoms with E-state index < -0.39 is 50.5 Å². The first-order valence-electron chi connectivity index (χ1n) is 15.5. The van der Waals surface area contributed by atoms with Gasteiger partial charge in [-0.25, -0.2) is 28.5 Å². The molecule has 1 saturated carbocycles. The summed E-state index contributed by atoms with van der Waals surface area (Å²) in [6.45, 7) is -0.286. The minimum absolute atomic E-state index is 0.0661. The quantitative estimate of drug-likeness (QED) is 0.168. The van der Waals surface area contributed by atoms with Gasteiger partial charge in [-0.2, -0.15) is 0 Å². The summed E-state index contributed by atoms with van der Waals surface area (Å²) in [5, 5.41) is 11.3. The molecule has 2 aromatic heterocycles. The number of phenols is 1. The van der Waals surface area contributed by atoms with Gasteiger partial charge in [0.15, 0.2) is 32.7 Å². The third kappa shape index (κ3) is 4.28. The Kier molecular flexibility index (Phi) is 7.71. The Labute approximate surface area is 293 Å². The highest BCUT2D eigenvalue weighted by Gasteiger charge is 2.75. The molecule has 4 aromatic rings. The number of phenolic OH excluding ortho intramolecular Hbond substituents is 1. The number of aromatic nitrogens is 5. The fourth-order valence-electron chi connectivity index (χ4n) is 7.62. The molecule has 2 aliphatic heterocycles. The lowest BCUT2D eigenvalue weighted by atomic mass is 9.64. The highest BCUT2D eigenvalue weighted by molar-refractivity contribution is 6.53. The van der Waals surface area contributed by atoms with Gasteiger partial charge in [0, 0.05) is 57.1 Å². The molecule has 1 saturated heterocycles. The number of carbonyl (C=O) groups excluding carboxylic acids is 2. The number of methoxy groups -OCH3 is 3. The molecule has 2 aromatic carbocycles. The molecule has 15 nitrogen and oxygen atoms in total. The third-order valence-electron chi connectivity index (χ3n) is 10.1. The summed E-state index contributed by atoms with van der Waals surface area (Å²) in [7, 11) is 7.18. The molecule has 0 unspecified atom stereocenters. The summed E-state index contributed by atoms with van der Waals surface area (Å²) < 4.78 is 20.9. The van der Waals surface area contributed by atoms with Gasteiger partial charge in [0.2, 0.25) is 0 Å². The van der Waals surface area contributed by atoms with Crippen LogP contribution in [-0.2, 0) is 36.1 Å². The number of carbonyl (C=O) groups is 2. The standard InChI is InChI=1S/C33H32Cl2N6O9/c1-37-20-14-24(50-5)23(49-4)13-19(20)36-18(27(37)43)10-11-39-30(46)40-12-9-16-21(41(40)31(39)47)15-32(34)28(44)38(2)29(45)33(32,35)25(16)17-7-6-8-22(48-3)26(17)42/h6-9,13-14,21,25,42H,10-12,15H2,1-5H3/t21-,25-,32-,33+/m1/s1. The third-order valence-corrected chi connectivity index (χ3v) is 11.6. The van der Waals surface area contributed by atoms with Crippen LogP contribution >= 0.6 is 23.2 Å². The highest BCUT2D eigenvalue weighted by Crippen LogP contribution is 2.64. The second-order valence-electron chi connectivity index (χ2n) is 12.4. The molecule has 0 bridgehead atoms. The van der Waals surface area contributed by atoms with E-state index in [2.05, 4.69) is 4.98 Å². The van der Waals surface area contributed by atoms with Crippen LogP contribution in [0.25, 0.3) is 11.0 Å². The predicted octanol–water partition coefficient (Wildman–Crippen LogP) is 1.65. The first-order chi connectivity index (χ1) is 23.7. The van der Waals surface area contributed by atoms with Crippen molar-refractivity contribution in [2.45, 2.75) is 47.6 Å². The molecule has 7 rings (SSSR count). The number of halogens is 2. The molecule has 1 N–H and O–H groups in total. The summed E-state index contributed by atoms with van der Waals surface area (Å²) >= 11 is 14.3. The number of para-hydroxylation sites is 1. The van der Waals surface area contributed by atoms with E-state index in [1.54, 1.807) is 37.4 Å². The molecule has 4 heterocycles. The normalized spacial score (nSPS) is 24.1. The van der Waals surface area contributed by atoms with E-state index in [-0.39, 0.29) is 48.7 Å². The number of rotatable bonds is 7. The molecule has 1 aliphatic carbocycles. The van der Waals surface area contributed by atoms with Crippen LogP contribution < -0.4 is 31.1 Å². The van der Waals surface area contributed by atoms with Gasteiger partial charge < -0.3 is 23.9 Å². The van der Waals surface area contributed by atoms with Gasteiger partial charge in [0.25, 0.3) is 17.4 Å². The topological polar surface area (TPSA) is 169 Å². The highest BCUT2D eigenvalue weighted by atomic mass is 35.5. The predicted molar refractivity (Wildman–Crippen MR) is 181 cm³/mol. The van der Waals surface area contributed by atoms with Crippen molar-refractivity contribution in [3.05, 3.63) is 84.6 Å². The van der Waals surface area contributed by atoms with Crippen LogP contribution in [-0.4, -0.2) is 83.4 Å². The Balaban J connectivity index is 1.32. The monoisotopic (exact) mass is 726 g/mol. The first kappa shape index (κ1) is 33.5. The second kappa shape index (κ2) is 11.5. The summed E-state index contributed by atoms with van der Waals surface area (Å²) in [5.74, 6) is -2.12. The van der Waals surface area contributed by atoms with Gasteiger partial charge in [-0.1, -0.05) is 18.2 Å². The number of nitrogens with zero attached hydrogens (tertiary/aromatic N) is 6. The number of benzene rings is 2. The molecule has 0 spiro atoms. The second-order valence-corrected chi connectivity index (χ2v) is 13.7. The number of allylic oxidation sites excluding steroid dienone is 2. The number of aryl methyl sites for hydroxylation is 2. The first-order valence-corrected chi connectivity index (χ1v) is 16.3. The van der Waals surface area contributed by atoms with Gasteiger partial charge >= 0.3 is 11.4 Å². The Hall–Kier alpha value is -5.02. The van der Waals surface area contributed by atoms with E-state index >= 15 is 0 Å². The van der Waals surface area contributed by atoms with E-state index in [0.717, 1.165) is 9.47 Å². The Morgan fingerprint density at radius 1 is 0.940 bits per heavy atom. The van der Waals surface area contributed by atoms with Crippen LogP contribution in [0.1, 0.15) is 29.6 Å². The van der Waals surface area contributed by atoms with E-state index in [1.807, 2.05) is 0 Å². The molecule has 50 heavy (non-hydrogen) atoms. The Morgan fingerprint density at radius 3 is 2.30 bits per heavy atom. The minimum atomic E-state index is -2.09. The number of alkyl halides is 2. The van der Waals surface area contributed by atoms with Gasteiger partial charge in [-0.3, -0.25) is 19.3 Å². The van der Waals surface area contributed by atoms with Crippen LogP contribution in [0.5, 0.6) is 23.0 Å². The van der Waals surface area contributed by atoms with Gasteiger partial charge in [0.1, 0.15) is 5.69 Å². The van der Waals surface area contributed by atoms with Crippen LogP contribution in [0.3, 0.4) is 0 Å². The number of ether oxygens (including phenoxy) is 3. The number of aromatic hydroxyl groups is 1. The van der Waals surface area contributed by atoms with Crippen molar-refractivity contribution in [3.8, 4) is 23.0 Å². The lowest BCUT2D eigenvalue weighted by Gasteiger charge is -2.49. The van der Waals surface area contributed by atoms with Crippen molar-refractivity contribution in [2.75, 3.05) is 28.4 Å². The van der Waals surface area contributed by atoms with E-state index in [4.69, 9.17) is 37.4 Å². The maximum absolute atomic E-state index is 14.2. The number of fused-ring (bicyclic) bond motifs is 5. The molecule has 2 amide bonds. The minimum Gasteiger partial charge on any atom is -0.504 e. The van der Waals surface area contributed by atoms with E-state index in [1.165, 1.54) is 48.4 Å². The fourth-order valence-corrected chi connectivity index (χ4v) is 8.61. The van der Waals surface area contributed by atoms with Crippen molar-refractivity contribution < 1.29 is 28.9 Å². The van der Waals surface area contributed by atoms with Gasteiger partial charge in [-0.15, -0.1) is 23.2 Å². The van der Waals surface area contributed by atoms with Crippen LogP contribution in [0, 0.1) is 0 Å². The molecular formula is C33H32Cl2N6O9. The zero-order valence-corrected chi connectivity index (χ0v) is 29.1. The smallest absolute Gasteiger partial charge is 0.347 e. The van der Waals surface area contributed by atoms with Crippen molar-refractivity contribution in [2.24, 2.45) is 7.05 Å². The fraction of sp³-hybridized carbons (Fsp3) is 0.394. The van der Waals surface area contributed by atoms with E-state index in [0.29, 0.717) is 28.1 Å². The molecule has 262 valence electrons. The lowest BCUT2D eigenvalue weighted by molar-refractivity contribution is -0.137. The van der Waals surface area contributed by atoms with Gasteiger partial charge in [0.05, 0.1) is 44.9 Å². The molecule has 3 aliphatic rings. The average molecular weight is 728 g/mol. The van der Waals surface area contributed by atoms with Crippen molar-refractivity contribution in [3.63, 3.8) is 0 Å². The maximum atomic E-state index is 14.2. The van der Waals surface area contributed by atoms with Crippen molar-refractivity contribution >= 4 is 46.0 Å². The maximum Gasteiger partial charge on any atom is 0.347 e. The number of likely N-dealkylation sites (tertiary alicyclic amines) is 1. The number of hydrogen-bond acceptors (Lipinski definition) is 10. The largest absolute Gasteiger partial charge is 0.504 e. The van der Waals surface area contributed by atoms with Crippen LogP contribution in [0.15, 0.2) is 56.4 Å². The van der Waals surface area contributed by atoms with Gasteiger partial charge in [-0.05, 0) is 11.6 Å². The number of imide groups is 1. The molecule has 0 radical (unpaired) electrons. The molecular weight excluding hydrogens is 695 g/mol. The number of hydrogen-bond donors (Lipinski definition) is 1. The zero-order chi connectivity index (χ0) is 36.0. The Bertz CT molecular complexity index is 2360. The molecule has 17 heteroatoms. The van der Waals surface area contributed by atoms with Crippen molar-refractivity contribution in [1.82, 2.24) is 28.4 Å². The Morgan fingerprint density at radius 2 is 1.62 bits per heavy atom. The van der Waals surface area contributed by atoms with Crippen LogP contribution in [0.4, 0.5) is 0 Å². The SMILES string of the molecule is COc1cc2nc(CCn3c(=O)n4n(c3=O)[C@@H]3C[C@@]5(Cl)C(=O)N(C)C(=O)[C@@]5(Cl)[C@@H](c5cccc(OC)c5O)C3=CC4)c(=O)n(C)c2cc1OC. The van der Waals surface area contributed by atoms with Crippen LogP contribution in [0.2, 0.25) is 0 Å².